The van der Waals surface area contributed by atoms with E-state index in [1.54, 1.807) is 24.3 Å². The SMILES string of the molecule is CC(=O)c1s/c(=N/c2ccc(C#N)cc2)n(CCO)c1C. The van der Waals surface area contributed by atoms with Crippen LogP contribution in [0.3, 0.4) is 0 Å². The monoisotopic (exact) mass is 301 g/mol. The number of aliphatic hydroxyl groups excluding tert-OH is 1. The first-order valence-corrected chi connectivity index (χ1v) is 7.25. The molecule has 0 aliphatic heterocycles. The summed E-state index contributed by atoms with van der Waals surface area (Å²) in [6, 6.07) is 8.96. The Morgan fingerprint density at radius 2 is 2.10 bits per heavy atom. The van der Waals surface area contributed by atoms with Crippen molar-refractivity contribution >= 4 is 22.8 Å². The minimum atomic E-state index is -0.0184. The molecule has 2 rings (SSSR count). The first-order valence-electron chi connectivity index (χ1n) is 6.43. The van der Waals surface area contributed by atoms with Crippen molar-refractivity contribution in [2.24, 2.45) is 4.99 Å². The maximum Gasteiger partial charge on any atom is 0.190 e. The molecule has 2 aromatic rings. The number of Topliss-reactive ketones (excluding diaryl/α,β-unsaturated/α-hetero) is 1. The fourth-order valence-electron chi connectivity index (χ4n) is 1.98. The highest BCUT2D eigenvalue weighted by molar-refractivity contribution is 7.11. The lowest BCUT2D eigenvalue weighted by molar-refractivity contribution is 0.102. The second-order valence-corrected chi connectivity index (χ2v) is 5.48. The molecule has 0 aliphatic carbocycles. The van der Waals surface area contributed by atoms with Gasteiger partial charge in [-0.15, -0.1) is 0 Å². The van der Waals surface area contributed by atoms with Gasteiger partial charge in [0.25, 0.3) is 0 Å². The minimum Gasteiger partial charge on any atom is -0.395 e. The minimum absolute atomic E-state index is 0.00883. The third kappa shape index (κ3) is 3.27. The average Bonchev–Trinajstić information content (AvgIpc) is 2.78. The molecule has 0 aliphatic rings. The van der Waals surface area contributed by atoms with Crippen LogP contribution in [0.5, 0.6) is 0 Å². The van der Waals surface area contributed by atoms with Crippen molar-refractivity contribution < 1.29 is 9.90 Å². The summed E-state index contributed by atoms with van der Waals surface area (Å²) in [6.07, 6.45) is 0. The van der Waals surface area contributed by atoms with Crippen molar-refractivity contribution in [2.45, 2.75) is 20.4 Å². The molecule has 0 spiro atoms. The van der Waals surface area contributed by atoms with Gasteiger partial charge in [0.15, 0.2) is 10.6 Å². The van der Waals surface area contributed by atoms with Crippen molar-refractivity contribution in [2.75, 3.05) is 6.61 Å². The Labute approximate surface area is 126 Å². The molecule has 1 N–H and O–H groups in total. The van der Waals surface area contributed by atoms with Crippen molar-refractivity contribution in [3.63, 3.8) is 0 Å². The summed E-state index contributed by atoms with van der Waals surface area (Å²) < 4.78 is 1.83. The van der Waals surface area contributed by atoms with E-state index in [0.717, 1.165) is 5.69 Å². The topological polar surface area (TPSA) is 78.4 Å². The highest BCUT2D eigenvalue weighted by Gasteiger charge is 2.13. The maximum absolute atomic E-state index is 11.6. The van der Waals surface area contributed by atoms with E-state index in [1.807, 2.05) is 11.5 Å². The van der Waals surface area contributed by atoms with E-state index in [0.29, 0.717) is 27.5 Å². The van der Waals surface area contributed by atoms with Gasteiger partial charge in [-0.3, -0.25) is 4.79 Å². The molecule has 1 aromatic carbocycles. The number of aromatic nitrogens is 1. The number of benzene rings is 1. The van der Waals surface area contributed by atoms with E-state index < -0.39 is 0 Å². The summed E-state index contributed by atoms with van der Waals surface area (Å²) in [5.41, 5.74) is 2.09. The Balaban J connectivity index is 2.55. The molecule has 5 nitrogen and oxygen atoms in total. The zero-order chi connectivity index (χ0) is 15.4. The normalized spacial score (nSPS) is 11.4. The zero-order valence-corrected chi connectivity index (χ0v) is 12.6. The summed E-state index contributed by atoms with van der Waals surface area (Å²) >= 11 is 1.31. The highest BCUT2D eigenvalue weighted by Crippen LogP contribution is 2.16. The number of ketones is 1. The van der Waals surface area contributed by atoms with Gasteiger partial charge in [-0.1, -0.05) is 11.3 Å². The van der Waals surface area contributed by atoms with Gasteiger partial charge < -0.3 is 9.67 Å². The van der Waals surface area contributed by atoms with Crippen LogP contribution in [0.25, 0.3) is 0 Å². The molecule has 0 unspecified atom stereocenters. The second kappa shape index (κ2) is 6.48. The van der Waals surface area contributed by atoms with Gasteiger partial charge in [0, 0.05) is 19.2 Å². The van der Waals surface area contributed by atoms with Gasteiger partial charge in [0.05, 0.1) is 28.8 Å². The molecule has 0 radical (unpaired) electrons. The number of rotatable bonds is 4. The number of carbonyl (C=O) groups excluding carboxylic acids is 1. The molecule has 0 fully saturated rings. The van der Waals surface area contributed by atoms with Crippen LogP contribution in [-0.4, -0.2) is 22.1 Å². The van der Waals surface area contributed by atoms with Crippen LogP contribution >= 0.6 is 11.3 Å². The molecule has 1 aromatic heterocycles. The summed E-state index contributed by atoms with van der Waals surface area (Å²) in [7, 11) is 0. The van der Waals surface area contributed by atoms with Crippen LogP contribution < -0.4 is 4.80 Å². The van der Waals surface area contributed by atoms with Crippen molar-refractivity contribution in [1.82, 2.24) is 4.57 Å². The number of hydrogen-bond acceptors (Lipinski definition) is 5. The van der Waals surface area contributed by atoms with Gasteiger partial charge in [-0.2, -0.15) is 5.26 Å². The molecule has 0 saturated heterocycles. The summed E-state index contributed by atoms with van der Waals surface area (Å²) in [6.45, 7) is 3.74. The molecule has 0 saturated carbocycles. The van der Waals surface area contributed by atoms with Gasteiger partial charge in [0.1, 0.15) is 0 Å². The molecule has 108 valence electrons. The van der Waals surface area contributed by atoms with Gasteiger partial charge in [0.2, 0.25) is 0 Å². The van der Waals surface area contributed by atoms with E-state index in [2.05, 4.69) is 11.1 Å². The molecular weight excluding hydrogens is 286 g/mol. The molecular formula is C15H15N3O2S. The Kier molecular flexibility index (Phi) is 4.68. The summed E-state index contributed by atoms with van der Waals surface area (Å²) in [5.74, 6) is -0.00883. The summed E-state index contributed by atoms with van der Waals surface area (Å²) in [5, 5.41) is 18.0. The standard InChI is InChI=1S/C15H15N3O2S/c1-10-14(11(2)20)21-15(18(10)7-8-19)17-13-5-3-12(9-16)4-6-13/h3-6,19H,7-8H2,1-2H3/b17-15+. The molecule has 21 heavy (non-hydrogen) atoms. The van der Waals surface area contributed by atoms with Crippen LogP contribution in [0, 0.1) is 18.3 Å². The molecule has 6 heteroatoms. The molecule has 0 bridgehead atoms. The van der Waals surface area contributed by atoms with Crippen LogP contribution in [0.4, 0.5) is 5.69 Å². The lowest BCUT2D eigenvalue weighted by atomic mass is 10.2. The number of carbonyl (C=O) groups is 1. The number of nitrogens with zero attached hydrogens (tertiary/aromatic N) is 3. The number of aliphatic hydroxyl groups is 1. The largest absolute Gasteiger partial charge is 0.395 e. The predicted octanol–water partition coefficient (Wildman–Crippen LogP) is 2.16. The Morgan fingerprint density at radius 3 is 2.62 bits per heavy atom. The Morgan fingerprint density at radius 1 is 1.43 bits per heavy atom. The van der Waals surface area contributed by atoms with E-state index in [4.69, 9.17) is 5.26 Å². The second-order valence-electron chi connectivity index (χ2n) is 4.50. The fourth-order valence-corrected chi connectivity index (χ4v) is 3.05. The highest BCUT2D eigenvalue weighted by atomic mass is 32.1. The number of hydrogen-bond donors (Lipinski definition) is 1. The Hall–Kier alpha value is -2.23. The van der Waals surface area contributed by atoms with Crippen LogP contribution in [-0.2, 0) is 6.54 Å². The smallest absolute Gasteiger partial charge is 0.190 e. The summed E-state index contributed by atoms with van der Waals surface area (Å²) in [4.78, 5) is 17.4. The fraction of sp³-hybridized carbons (Fsp3) is 0.267. The first kappa shape index (κ1) is 15.2. The maximum atomic E-state index is 11.6. The van der Waals surface area contributed by atoms with Gasteiger partial charge in [-0.05, 0) is 31.2 Å². The van der Waals surface area contributed by atoms with Crippen molar-refractivity contribution in [3.8, 4) is 6.07 Å². The van der Waals surface area contributed by atoms with Crippen LogP contribution in [0.2, 0.25) is 0 Å². The quantitative estimate of drug-likeness (QED) is 0.879. The lowest BCUT2D eigenvalue weighted by Crippen LogP contribution is -2.18. The van der Waals surface area contributed by atoms with Gasteiger partial charge >= 0.3 is 0 Å². The van der Waals surface area contributed by atoms with Crippen molar-refractivity contribution in [3.05, 3.63) is 45.2 Å². The third-order valence-corrected chi connectivity index (χ3v) is 4.30. The van der Waals surface area contributed by atoms with Gasteiger partial charge in [-0.25, -0.2) is 4.99 Å². The van der Waals surface area contributed by atoms with E-state index in [9.17, 15) is 9.90 Å². The molecule has 0 atom stereocenters. The molecule has 0 amide bonds. The average molecular weight is 301 g/mol. The van der Waals surface area contributed by atoms with E-state index in [-0.39, 0.29) is 12.4 Å². The zero-order valence-electron chi connectivity index (χ0n) is 11.8. The lowest BCUT2D eigenvalue weighted by Gasteiger charge is -2.03. The number of nitriles is 1. The molecule has 1 heterocycles. The van der Waals surface area contributed by atoms with Crippen LogP contribution in [0.15, 0.2) is 29.3 Å². The first-order chi connectivity index (χ1) is 10.1. The Bertz CT molecular complexity index is 764. The van der Waals surface area contributed by atoms with E-state index in [1.165, 1.54) is 18.3 Å². The van der Waals surface area contributed by atoms with Crippen molar-refractivity contribution in [1.29, 1.82) is 5.26 Å². The van der Waals surface area contributed by atoms with Crippen LogP contribution in [0.1, 0.15) is 27.9 Å². The van der Waals surface area contributed by atoms with E-state index >= 15 is 0 Å². The third-order valence-electron chi connectivity index (χ3n) is 3.02. The predicted molar refractivity (Wildman–Crippen MR) is 80.5 cm³/mol. The number of thiazole rings is 1.